The lowest BCUT2D eigenvalue weighted by Crippen LogP contribution is -2.13. The third kappa shape index (κ3) is 7.00. The Bertz CT molecular complexity index is 1350. The van der Waals surface area contributed by atoms with Gasteiger partial charge in [0, 0.05) is 35.6 Å². The van der Waals surface area contributed by atoms with Gasteiger partial charge in [0.2, 0.25) is 15.9 Å². The number of primary sulfonamides is 1. The normalized spacial score (nSPS) is 11.4. The maximum atomic E-state index is 12.5. The van der Waals surface area contributed by atoms with Crippen LogP contribution in [0.25, 0.3) is 17.2 Å². The van der Waals surface area contributed by atoms with Crippen LogP contribution < -0.4 is 20.9 Å². The van der Waals surface area contributed by atoms with E-state index in [0.717, 1.165) is 0 Å². The van der Waals surface area contributed by atoms with Crippen LogP contribution in [0.3, 0.4) is 0 Å². The van der Waals surface area contributed by atoms with Gasteiger partial charge in [0.15, 0.2) is 0 Å². The van der Waals surface area contributed by atoms with Crippen molar-refractivity contribution in [1.82, 2.24) is 0 Å². The second-order valence-electron chi connectivity index (χ2n) is 7.45. The predicted molar refractivity (Wildman–Crippen MR) is 136 cm³/mol. The van der Waals surface area contributed by atoms with Crippen LogP contribution in [0.5, 0.6) is 5.75 Å². The highest BCUT2D eigenvalue weighted by molar-refractivity contribution is 7.89. The molecule has 0 aromatic heterocycles. The number of benzene rings is 3. The molecule has 1 amide bonds. The number of anilines is 1. The summed E-state index contributed by atoms with van der Waals surface area (Å²) in [6.07, 6.45) is 2.91. The first-order valence-electron chi connectivity index (χ1n) is 10.5. The molecule has 0 fully saturated rings. The van der Waals surface area contributed by atoms with E-state index in [0.29, 0.717) is 46.9 Å². The second-order valence-corrected chi connectivity index (χ2v) is 8.98. The van der Waals surface area contributed by atoms with Crippen LogP contribution in [-0.4, -0.2) is 40.5 Å². The van der Waals surface area contributed by atoms with E-state index >= 15 is 0 Å². The number of nitrogens with one attached hydrogen (secondary N) is 2. The molecule has 3 rings (SSSR count). The van der Waals surface area contributed by atoms with Crippen LogP contribution in [0, 0.1) is 5.41 Å². The number of rotatable bonds is 10. The van der Waals surface area contributed by atoms with Crippen molar-refractivity contribution >= 4 is 33.5 Å². The summed E-state index contributed by atoms with van der Waals surface area (Å²) >= 11 is 0. The minimum absolute atomic E-state index is 0.0241. The molecule has 0 bridgehead atoms. The number of amides is 1. The fraction of sp³-hybridized carbons (Fsp3) is 0.120. The minimum atomic E-state index is -3.88. The largest absolute Gasteiger partial charge is 0.491 e. The van der Waals surface area contributed by atoms with Gasteiger partial charge < -0.3 is 20.5 Å². The molecule has 10 heteroatoms. The molecule has 0 aliphatic rings. The molecule has 0 atom stereocenters. The van der Waals surface area contributed by atoms with Gasteiger partial charge in [-0.25, -0.2) is 13.6 Å². The van der Waals surface area contributed by atoms with E-state index < -0.39 is 15.9 Å². The highest BCUT2D eigenvalue weighted by Gasteiger charge is 2.14. The van der Waals surface area contributed by atoms with E-state index in [9.17, 15) is 13.2 Å². The first-order chi connectivity index (χ1) is 16.7. The standard InChI is InChI=1S/C25H26N4O5S/c1-33-14-15-34-22-12-8-19(25(26)27)16-18(22)9-13-24(30)29-20-10-6-17(7-11-20)21-4-2-3-5-23(21)35(28,31)32/h2-13,16H,14-15H2,1H3,(H3,26,27)(H,29,30)(H2,28,31,32)/b13-9-. The Morgan fingerprint density at radius 1 is 1.06 bits per heavy atom. The van der Waals surface area contributed by atoms with Crippen LogP contribution in [0.4, 0.5) is 5.69 Å². The first kappa shape index (κ1) is 25.6. The molecule has 35 heavy (non-hydrogen) atoms. The van der Waals surface area contributed by atoms with Crippen molar-refractivity contribution in [2.24, 2.45) is 10.9 Å². The van der Waals surface area contributed by atoms with Crippen molar-refractivity contribution in [1.29, 1.82) is 5.41 Å². The number of methoxy groups -OCH3 is 1. The fourth-order valence-corrected chi connectivity index (χ4v) is 4.01. The Hall–Kier alpha value is -3.99. The number of hydrogen-bond acceptors (Lipinski definition) is 6. The molecule has 0 aliphatic heterocycles. The number of carbonyl (C=O) groups excluding carboxylic acids is 1. The van der Waals surface area contributed by atoms with Gasteiger partial charge in [0.25, 0.3) is 0 Å². The maximum Gasteiger partial charge on any atom is 0.248 e. The average molecular weight is 495 g/mol. The lowest BCUT2D eigenvalue weighted by atomic mass is 10.1. The number of nitrogen functional groups attached to an aromatic ring is 1. The van der Waals surface area contributed by atoms with E-state index in [2.05, 4.69) is 5.32 Å². The molecule has 0 unspecified atom stereocenters. The third-order valence-electron chi connectivity index (χ3n) is 4.94. The lowest BCUT2D eigenvalue weighted by molar-refractivity contribution is -0.111. The van der Waals surface area contributed by atoms with Crippen molar-refractivity contribution in [3.63, 3.8) is 0 Å². The molecular formula is C25H26N4O5S. The number of ether oxygens (including phenoxy) is 2. The molecule has 0 saturated carbocycles. The van der Waals surface area contributed by atoms with Gasteiger partial charge in [-0.1, -0.05) is 30.3 Å². The van der Waals surface area contributed by atoms with Crippen LogP contribution in [0.2, 0.25) is 0 Å². The summed E-state index contributed by atoms with van der Waals surface area (Å²) in [5.41, 5.74) is 8.29. The Labute approximate surface area is 203 Å². The number of sulfonamides is 1. The van der Waals surface area contributed by atoms with Gasteiger partial charge in [-0.05, 0) is 48.0 Å². The monoisotopic (exact) mass is 494 g/mol. The fourth-order valence-electron chi connectivity index (χ4n) is 3.25. The maximum absolute atomic E-state index is 12.5. The van der Waals surface area contributed by atoms with Crippen molar-refractivity contribution < 1.29 is 22.7 Å². The van der Waals surface area contributed by atoms with E-state index in [1.54, 1.807) is 73.8 Å². The highest BCUT2D eigenvalue weighted by Crippen LogP contribution is 2.27. The average Bonchev–Trinajstić information content (AvgIpc) is 2.83. The van der Waals surface area contributed by atoms with Gasteiger partial charge in [0.1, 0.15) is 18.2 Å². The molecule has 0 spiro atoms. The quantitative estimate of drug-likeness (QED) is 0.147. The molecule has 9 nitrogen and oxygen atoms in total. The van der Waals surface area contributed by atoms with Crippen molar-refractivity contribution in [3.05, 3.63) is 83.9 Å². The lowest BCUT2D eigenvalue weighted by Gasteiger charge is -2.11. The molecule has 0 heterocycles. The summed E-state index contributed by atoms with van der Waals surface area (Å²) in [6, 6.07) is 18.2. The number of nitrogens with two attached hydrogens (primary N) is 2. The Balaban J connectivity index is 1.75. The molecule has 0 aliphatic carbocycles. The molecule has 182 valence electrons. The third-order valence-corrected chi connectivity index (χ3v) is 5.91. The van der Waals surface area contributed by atoms with E-state index in [-0.39, 0.29) is 10.7 Å². The molecule has 0 saturated heterocycles. The summed E-state index contributed by atoms with van der Waals surface area (Å²) in [4.78, 5) is 12.5. The summed E-state index contributed by atoms with van der Waals surface area (Å²) in [5.74, 6) is 0.0318. The van der Waals surface area contributed by atoms with Gasteiger partial charge in [0.05, 0.1) is 11.5 Å². The predicted octanol–water partition coefficient (Wildman–Crippen LogP) is 2.96. The van der Waals surface area contributed by atoms with Gasteiger partial charge >= 0.3 is 0 Å². The van der Waals surface area contributed by atoms with Gasteiger partial charge in [-0.15, -0.1) is 0 Å². The zero-order valence-electron chi connectivity index (χ0n) is 19.0. The van der Waals surface area contributed by atoms with E-state index in [1.807, 2.05) is 0 Å². The van der Waals surface area contributed by atoms with Crippen LogP contribution in [-0.2, 0) is 19.6 Å². The summed E-state index contributed by atoms with van der Waals surface area (Å²) in [6.45, 7) is 0.722. The van der Waals surface area contributed by atoms with Crippen molar-refractivity contribution in [2.75, 3.05) is 25.6 Å². The molecule has 6 N–H and O–H groups in total. The Morgan fingerprint density at radius 2 is 1.77 bits per heavy atom. The molecule has 3 aromatic rings. The zero-order valence-corrected chi connectivity index (χ0v) is 19.8. The van der Waals surface area contributed by atoms with Crippen LogP contribution in [0.1, 0.15) is 11.1 Å². The van der Waals surface area contributed by atoms with Crippen molar-refractivity contribution in [2.45, 2.75) is 4.90 Å². The van der Waals surface area contributed by atoms with Gasteiger partial charge in [-0.2, -0.15) is 0 Å². The molecular weight excluding hydrogens is 468 g/mol. The second kappa shape index (κ2) is 11.4. The number of carbonyl (C=O) groups is 1. The van der Waals surface area contributed by atoms with E-state index in [1.165, 1.54) is 12.1 Å². The number of amidine groups is 1. The van der Waals surface area contributed by atoms with Gasteiger partial charge in [-0.3, -0.25) is 10.2 Å². The smallest absolute Gasteiger partial charge is 0.248 e. The Kier molecular flexibility index (Phi) is 8.37. The molecule has 0 radical (unpaired) electrons. The van der Waals surface area contributed by atoms with E-state index in [4.69, 9.17) is 25.8 Å². The SMILES string of the molecule is COCCOc1ccc(C(=N)N)cc1/C=C\C(=O)Nc1ccc(-c2ccccc2S(N)(=O)=O)cc1. The van der Waals surface area contributed by atoms with Crippen molar-refractivity contribution in [3.8, 4) is 16.9 Å². The van der Waals surface area contributed by atoms with Crippen LogP contribution >= 0.6 is 0 Å². The number of hydrogen-bond donors (Lipinski definition) is 4. The Morgan fingerprint density at radius 3 is 2.43 bits per heavy atom. The van der Waals surface area contributed by atoms with Crippen LogP contribution in [0.15, 0.2) is 77.7 Å². The molecule has 3 aromatic carbocycles. The zero-order chi connectivity index (χ0) is 25.4. The summed E-state index contributed by atoms with van der Waals surface area (Å²) in [7, 11) is -2.31. The summed E-state index contributed by atoms with van der Waals surface area (Å²) in [5, 5.41) is 15.7. The highest BCUT2D eigenvalue weighted by atomic mass is 32.2. The first-order valence-corrected chi connectivity index (χ1v) is 12.0. The summed E-state index contributed by atoms with van der Waals surface area (Å²) < 4.78 is 34.4. The topological polar surface area (TPSA) is 158 Å². The minimum Gasteiger partial charge on any atom is -0.491 e.